The van der Waals surface area contributed by atoms with Gasteiger partial charge in [0.15, 0.2) is 5.76 Å². The van der Waals surface area contributed by atoms with Crippen LogP contribution in [0.25, 0.3) is 11.5 Å². The maximum Gasteiger partial charge on any atom is 0.248 e. The summed E-state index contributed by atoms with van der Waals surface area (Å²) in [6, 6.07) is 9.60. The van der Waals surface area contributed by atoms with E-state index in [0.717, 1.165) is 21.5 Å². The molecule has 7 heteroatoms. The van der Waals surface area contributed by atoms with E-state index in [-0.39, 0.29) is 0 Å². The Hall–Kier alpha value is -1.99. The second-order valence-corrected chi connectivity index (χ2v) is 5.37. The number of rotatable bonds is 5. The van der Waals surface area contributed by atoms with Gasteiger partial charge in [-0.05, 0) is 35.0 Å². The summed E-state index contributed by atoms with van der Waals surface area (Å²) in [5, 5.41) is 15.1. The zero-order valence-corrected chi connectivity index (χ0v) is 12.9. The largest absolute Gasteiger partial charge is 0.419 e. The molecule has 0 fully saturated rings. The maximum absolute atomic E-state index is 5.63. The molecule has 6 nitrogen and oxygen atoms in total. The number of nitrogens with one attached hydrogen (secondary N) is 1. The van der Waals surface area contributed by atoms with Crippen LogP contribution in [0.3, 0.4) is 0 Å². The van der Waals surface area contributed by atoms with E-state index in [9.17, 15) is 0 Å². The molecule has 0 saturated carbocycles. The van der Waals surface area contributed by atoms with Gasteiger partial charge in [0.25, 0.3) is 0 Å². The fourth-order valence-electron chi connectivity index (χ4n) is 1.86. The molecule has 0 radical (unpaired) electrons. The number of aromatic nitrogens is 3. The highest BCUT2D eigenvalue weighted by atomic mass is 79.9. The van der Waals surface area contributed by atoms with Crippen molar-refractivity contribution in [3.8, 4) is 11.5 Å². The molecule has 0 bridgehead atoms. The Bertz CT molecular complexity index is 738. The van der Waals surface area contributed by atoms with Crippen LogP contribution in [0.2, 0.25) is 0 Å². The zero-order valence-electron chi connectivity index (χ0n) is 11.3. The van der Waals surface area contributed by atoms with Crippen molar-refractivity contribution in [1.82, 2.24) is 20.7 Å². The van der Waals surface area contributed by atoms with Crippen molar-refractivity contribution < 1.29 is 8.94 Å². The van der Waals surface area contributed by atoms with Gasteiger partial charge >= 0.3 is 0 Å². The fraction of sp³-hybridized carbons (Fsp3) is 0.214. The minimum atomic E-state index is 0.469. The van der Waals surface area contributed by atoms with E-state index < -0.39 is 0 Å². The lowest BCUT2D eigenvalue weighted by Crippen LogP contribution is -2.12. The van der Waals surface area contributed by atoms with Gasteiger partial charge in [0.2, 0.25) is 11.8 Å². The molecule has 0 amide bonds. The van der Waals surface area contributed by atoms with Crippen molar-refractivity contribution >= 4 is 15.9 Å². The molecule has 0 saturated heterocycles. The summed E-state index contributed by atoms with van der Waals surface area (Å²) in [7, 11) is 0. The van der Waals surface area contributed by atoms with Crippen LogP contribution in [0.4, 0.5) is 0 Å². The lowest BCUT2D eigenvalue weighted by Gasteiger charge is -1.98. The smallest absolute Gasteiger partial charge is 0.248 e. The van der Waals surface area contributed by atoms with Crippen molar-refractivity contribution in [3.63, 3.8) is 0 Å². The topological polar surface area (TPSA) is 77.0 Å². The van der Waals surface area contributed by atoms with Crippen LogP contribution in [0.5, 0.6) is 0 Å². The van der Waals surface area contributed by atoms with Gasteiger partial charge in [-0.3, -0.25) is 0 Å². The molecule has 3 rings (SSSR count). The third-order valence-electron chi connectivity index (χ3n) is 2.82. The number of halogens is 1. The van der Waals surface area contributed by atoms with Crippen LogP contribution < -0.4 is 5.32 Å². The highest BCUT2D eigenvalue weighted by molar-refractivity contribution is 9.10. The molecule has 0 aliphatic rings. The van der Waals surface area contributed by atoms with Gasteiger partial charge in [-0.25, -0.2) is 0 Å². The van der Waals surface area contributed by atoms with Crippen LogP contribution in [0.1, 0.15) is 17.3 Å². The Morgan fingerprint density at radius 2 is 2.05 bits per heavy atom. The van der Waals surface area contributed by atoms with Crippen LogP contribution >= 0.6 is 15.9 Å². The molecule has 21 heavy (non-hydrogen) atoms. The summed E-state index contributed by atoms with van der Waals surface area (Å²) in [5.41, 5.74) is 1.74. The molecule has 1 aromatic carbocycles. The first-order valence-corrected chi connectivity index (χ1v) is 7.22. The van der Waals surface area contributed by atoms with Crippen molar-refractivity contribution in [1.29, 1.82) is 0 Å². The van der Waals surface area contributed by atoms with Crippen molar-refractivity contribution in [3.05, 3.63) is 52.1 Å². The standard InChI is InChI=1S/C14H13BrN4O2/c1-9-6-10(21-19-9)7-16-8-13-17-18-14(20-13)11-4-2-3-5-12(11)15/h2-6,16H,7-8H2,1H3. The average molecular weight is 349 g/mol. The van der Waals surface area contributed by atoms with Crippen molar-refractivity contribution in [2.45, 2.75) is 20.0 Å². The summed E-state index contributed by atoms with van der Waals surface area (Å²) in [5.74, 6) is 1.80. The van der Waals surface area contributed by atoms with E-state index >= 15 is 0 Å². The molecule has 0 spiro atoms. The summed E-state index contributed by atoms with van der Waals surface area (Å²) in [6.07, 6.45) is 0. The molecule has 0 atom stereocenters. The van der Waals surface area contributed by atoms with Crippen LogP contribution in [-0.4, -0.2) is 15.4 Å². The molecule has 2 aromatic heterocycles. The number of nitrogens with zero attached hydrogens (tertiary/aromatic N) is 3. The fourth-order valence-corrected chi connectivity index (χ4v) is 2.32. The van der Waals surface area contributed by atoms with Crippen LogP contribution in [0, 0.1) is 6.92 Å². The van der Waals surface area contributed by atoms with Gasteiger partial charge in [-0.1, -0.05) is 17.3 Å². The molecule has 0 aliphatic carbocycles. The van der Waals surface area contributed by atoms with Crippen LogP contribution in [-0.2, 0) is 13.1 Å². The number of hydrogen-bond donors (Lipinski definition) is 1. The molecule has 108 valence electrons. The molecular formula is C14H13BrN4O2. The first-order valence-electron chi connectivity index (χ1n) is 6.42. The van der Waals surface area contributed by atoms with Crippen molar-refractivity contribution in [2.75, 3.05) is 0 Å². The number of hydrogen-bond acceptors (Lipinski definition) is 6. The summed E-state index contributed by atoms with van der Waals surface area (Å²) in [6.45, 7) is 2.92. The Labute approximate surface area is 129 Å². The van der Waals surface area contributed by atoms with Gasteiger partial charge in [0.1, 0.15) is 0 Å². The monoisotopic (exact) mass is 348 g/mol. The van der Waals surface area contributed by atoms with E-state index in [1.165, 1.54) is 0 Å². The van der Waals surface area contributed by atoms with Gasteiger partial charge in [0.05, 0.1) is 24.3 Å². The van der Waals surface area contributed by atoms with E-state index in [4.69, 9.17) is 8.94 Å². The maximum atomic E-state index is 5.63. The SMILES string of the molecule is Cc1cc(CNCc2nnc(-c3ccccc3Br)o2)on1. The Kier molecular flexibility index (Phi) is 4.12. The Morgan fingerprint density at radius 1 is 1.19 bits per heavy atom. The van der Waals surface area contributed by atoms with E-state index in [0.29, 0.717) is 24.9 Å². The van der Waals surface area contributed by atoms with Gasteiger partial charge in [-0.15, -0.1) is 10.2 Å². The predicted octanol–water partition coefficient (Wildman–Crippen LogP) is 3.09. The third-order valence-corrected chi connectivity index (χ3v) is 3.51. The van der Waals surface area contributed by atoms with Gasteiger partial charge < -0.3 is 14.3 Å². The molecule has 1 N–H and O–H groups in total. The summed E-state index contributed by atoms with van der Waals surface area (Å²) < 4.78 is 11.7. The van der Waals surface area contributed by atoms with E-state index in [2.05, 4.69) is 36.6 Å². The predicted molar refractivity (Wildman–Crippen MR) is 79.2 cm³/mol. The summed E-state index contributed by atoms with van der Waals surface area (Å²) in [4.78, 5) is 0. The van der Waals surface area contributed by atoms with Gasteiger partial charge in [-0.2, -0.15) is 0 Å². The highest BCUT2D eigenvalue weighted by Gasteiger charge is 2.11. The van der Waals surface area contributed by atoms with Crippen molar-refractivity contribution in [2.24, 2.45) is 0 Å². The molecule has 0 unspecified atom stereocenters. The highest BCUT2D eigenvalue weighted by Crippen LogP contribution is 2.26. The molecular weight excluding hydrogens is 336 g/mol. The molecule has 0 aliphatic heterocycles. The minimum Gasteiger partial charge on any atom is -0.419 e. The Morgan fingerprint density at radius 3 is 2.81 bits per heavy atom. The first-order chi connectivity index (χ1) is 10.2. The lowest BCUT2D eigenvalue weighted by molar-refractivity contribution is 0.365. The van der Waals surface area contributed by atoms with E-state index in [1.807, 2.05) is 37.3 Å². The molecule has 3 aromatic rings. The lowest BCUT2D eigenvalue weighted by atomic mass is 10.2. The molecule has 2 heterocycles. The second kappa shape index (κ2) is 6.19. The summed E-state index contributed by atoms with van der Waals surface area (Å²) >= 11 is 3.47. The first kappa shape index (κ1) is 14.0. The average Bonchev–Trinajstić information content (AvgIpc) is 3.09. The quantitative estimate of drug-likeness (QED) is 0.763. The Balaban J connectivity index is 1.62. The minimum absolute atomic E-state index is 0.469. The second-order valence-electron chi connectivity index (χ2n) is 4.52. The van der Waals surface area contributed by atoms with Gasteiger partial charge in [0, 0.05) is 10.5 Å². The normalized spacial score (nSPS) is 11.0. The third kappa shape index (κ3) is 3.37. The number of aryl methyl sites for hydroxylation is 1. The van der Waals surface area contributed by atoms with Crippen LogP contribution in [0.15, 0.2) is 43.7 Å². The zero-order chi connectivity index (χ0) is 14.7. The number of benzene rings is 1. The van der Waals surface area contributed by atoms with E-state index in [1.54, 1.807) is 0 Å².